The normalized spacial score (nSPS) is 11.8. The Hall–Kier alpha value is -3.14. The van der Waals surface area contributed by atoms with Crippen LogP contribution in [-0.2, 0) is 22.7 Å². The summed E-state index contributed by atoms with van der Waals surface area (Å²) >= 11 is 0. The van der Waals surface area contributed by atoms with Gasteiger partial charge in [0.1, 0.15) is 6.61 Å². The average Bonchev–Trinajstić information content (AvgIpc) is 2.71. The Labute approximate surface area is 172 Å². The molecule has 0 fully saturated rings. The number of nitrogens with one attached hydrogen (secondary N) is 3. The summed E-state index contributed by atoms with van der Waals surface area (Å²) in [6.07, 6.45) is -1.17. The second-order valence-corrected chi connectivity index (χ2v) is 6.26. The van der Waals surface area contributed by atoms with E-state index in [2.05, 4.69) is 30.7 Å². The third-order valence-corrected chi connectivity index (χ3v) is 3.68. The quantitative estimate of drug-likeness (QED) is 0.427. The fraction of sp³-hybridized carbons (Fsp3) is 0.350. The highest BCUT2D eigenvalue weighted by Gasteiger charge is 2.27. The van der Waals surface area contributed by atoms with Crippen LogP contribution in [0.4, 0.5) is 18.9 Å². The minimum Gasteiger partial charge on any atom is -0.367 e. The van der Waals surface area contributed by atoms with E-state index >= 15 is 0 Å². The molecule has 1 aromatic heterocycles. The smallest absolute Gasteiger partial charge is 0.367 e. The van der Waals surface area contributed by atoms with Gasteiger partial charge in [-0.15, -0.1) is 0 Å². The molecule has 1 heterocycles. The van der Waals surface area contributed by atoms with Crippen LogP contribution in [0.2, 0.25) is 0 Å². The number of carbonyl (C=O) groups excluding carboxylic acids is 1. The van der Waals surface area contributed by atoms with Gasteiger partial charge < -0.3 is 20.7 Å². The topological polar surface area (TPSA) is 87.6 Å². The summed E-state index contributed by atoms with van der Waals surface area (Å²) in [7, 11) is 0. The zero-order valence-corrected chi connectivity index (χ0v) is 16.5. The Morgan fingerprint density at radius 3 is 2.50 bits per heavy atom. The van der Waals surface area contributed by atoms with Crippen molar-refractivity contribution in [2.75, 3.05) is 25.0 Å². The third-order valence-electron chi connectivity index (χ3n) is 3.68. The van der Waals surface area contributed by atoms with E-state index in [1.54, 1.807) is 48.8 Å². The molecular weight excluding hydrogens is 399 g/mol. The van der Waals surface area contributed by atoms with Gasteiger partial charge in [-0.1, -0.05) is 24.3 Å². The summed E-state index contributed by atoms with van der Waals surface area (Å²) in [5.74, 6) is 0.230. The summed E-state index contributed by atoms with van der Waals surface area (Å²) in [5.41, 5.74) is 2.11. The van der Waals surface area contributed by atoms with Gasteiger partial charge in [-0.05, 0) is 30.2 Å². The van der Waals surface area contributed by atoms with Crippen molar-refractivity contribution in [3.63, 3.8) is 0 Å². The highest BCUT2D eigenvalue weighted by atomic mass is 19.4. The Balaban J connectivity index is 1.82. The van der Waals surface area contributed by atoms with E-state index < -0.39 is 12.8 Å². The molecule has 0 aliphatic heterocycles. The molecule has 10 heteroatoms. The lowest BCUT2D eigenvalue weighted by molar-refractivity contribution is -0.176. The van der Waals surface area contributed by atoms with Crippen molar-refractivity contribution in [1.29, 1.82) is 0 Å². The lowest BCUT2D eigenvalue weighted by Gasteiger charge is -2.11. The van der Waals surface area contributed by atoms with Gasteiger partial charge >= 0.3 is 6.18 Å². The highest BCUT2D eigenvalue weighted by Crippen LogP contribution is 2.16. The number of hydrogen-bond acceptors (Lipinski definition) is 4. The van der Waals surface area contributed by atoms with Crippen LogP contribution in [0.5, 0.6) is 0 Å². The second kappa shape index (κ2) is 11.8. The fourth-order valence-corrected chi connectivity index (χ4v) is 2.34. The fourth-order valence-electron chi connectivity index (χ4n) is 2.34. The summed E-state index contributed by atoms with van der Waals surface area (Å²) in [6, 6.07) is 10.4. The molecule has 0 atom stereocenters. The highest BCUT2D eigenvalue weighted by molar-refractivity contribution is 5.94. The Bertz CT molecular complexity index is 811. The number of benzene rings is 1. The van der Waals surface area contributed by atoms with E-state index in [0.29, 0.717) is 30.3 Å². The Kier molecular flexibility index (Phi) is 9.07. The van der Waals surface area contributed by atoms with Crippen molar-refractivity contribution in [2.24, 2.45) is 4.99 Å². The largest absolute Gasteiger partial charge is 0.411 e. The molecule has 0 saturated carbocycles. The van der Waals surface area contributed by atoms with E-state index in [4.69, 9.17) is 0 Å². The van der Waals surface area contributed by atoms with Gasteiger partial charge in [0.25, 0.3) is 0 Å². The SMILES string of the molecule is CCNC(=NCc1ccc(COCC(F)(F)F)cc1)NCC(=O)Nc1cccnc1. The van der Waals surface area contributed by atoms with E-state index in [1.165, 1.54) is 0 Å². The lowest BCUT2D eigenvalue weighted by atomic mass is 10.1. The van der Waals surface area contributed by atoms with Crippen molar-refractivity contribution in [3.05, 3.63) is 59.9 Å². The summed E-state index contributed by atoms with van der Waals surface area (Å²) in [5, 5.41) is 8.71. The maximum atomic E-state index is 12.1. The minimum absolute atomic E-state index is 0.0240. The molecule has 0 saturated heterocycles. The average molecular weight is 423 g/mol. The number of aromatic nitrogens is 1. The first-order valence-corrected chi connectivity index (χ1v) is 9.30. The molecule has 0 aliphatic rings. The number of hydrogen-bond donors (Lipinski definition) is 3. The Morgan fingerprint density at radius 2 is 1.87 bits per heavy atom. The van der Waals surface area contributed by atoms with Gasteiger partial charge in [-0.25, -0.2) is 4.99 Å². The molecule has 0 spiro atoms. The number of carbonyl (C=O) groups is 1. The molecule has 7 nitrogen and oxygen atoms in total. The molecule has 2 rings (SSSR count). The molecule has 30 heavy (non-hydrogen) atoms. The molecule has 1 aromatic carbocycles. The number of aliphatic imine (C=N–C) groups is 1. The molecule has 2 aromatic rings. The third kappa shape index (κ3) is 9.37. The molecule has 162 valence electrons. The first-order chi connectivity index (χ1) is 14.4. The van der Waals surface area contributed by atoms with Crippen molar-refractivity contribution in [2.45, 2.75) is 26.3 Å². The zero-order chi connectivity index (χ0) is 21.8. The second-order valence-electron chi connectivity index (χ2n) is 6.26. The molecular formula is C20H24F3N5O2. The Morgan fingerprint density at radius 1 is 1.13 bits per heavy atom. The van der Waals surface area contributed by atoms with E-state index in [9.17, 15) is 18.0 Å². The van der Waals surface area contributed by atoms with Crippen LogP contribution in [0.3, 0.4) is 0 Å². The van der Waals surface area contributed by atoms with Gasteiger partial charge in [0, 0.05) is 12.7 Å². The van der Waals surface area contributed by atoms with Crippen LogP contribution in [-0.4, -0.2) is 42.7 Å². The predicted molar refractivity (Wildman–Crippen MR) is 108 cm³/mol. The summed E-state index contributed by atoms with van der Waals surface area (Å²) in [4.78, 5) is 20.4. The number of ether oxygens (including phenoxy) is 1. The molecule has 1 amide bonds. The molecule has 0 radical (unpaired) electrons. The number of guanidine groups is 1. The van der Waals surface area contributed by atoms with Crippen LogP contribution >= 0.6 is 0 Å². The molecule has 0 aliphatic carbocycles. The van der Waals surface area contributed by atoms with Crippen LogP contribution < -0.4 is 16.0 Å². The van der Waals surface area contributed by atoms with Crippen LogP contribution in [0.15, 0.2) is 53.8 Å². The van der Waals surface area contributed by atoms with E-state index in [1.807, 2.05) is 6.92 Å². The van der Waals surface area contributed by atoms with Crippen molar-refractivity contribution >= 4 is 17.6 Å². The maximum Gasteiger partial charge on any atom is 0.411 e. The van der Waals surface area contributed by atoms with Crippen molar-refractivity contribution < 1.29 is 22.7 Å². The van der Waals surface area contributed by atoms with Gasteiger partial charge in [-0.2, -0.15) is 13.2 Å². The summed E-state index contributed by atoms with van der Waals surface area (Å²) in [6.45, 7) is 1.50. The number of nitrogens with zero attached hydrogens (tertiary/aromatic N) is 2. The molecule has 0 unspecified atom stereocenters. The lowest BCUT2D eigenvalue weighted by Crippen LogP contribution is -2.41. The van der Waals surface area contributed by atoms with Crippen molar-refractivity contribution in [3.8, 4) is 0 Å². The molecule has 0 bridgehead atoms. The van der Waals surface area contributed by atoms with Gasteiger partial charge in [0.15, 0.2) is 5.96 Å². The number of anilines is 1. The maximum absolute atomic E-state index is 12.1. The number of pyridine rings is 1. The number of halogens is 3. The van der Waals surface area contributed by atoms with Crippen LogP contribution in [0.1, 0.15) is 18.1 Å². The van der Waals surface area contributed by atoms with Crippen molar-refractivity contribution in [1.82, 2.24) is 15.6 Å². The first kappa shape index (κ1) is 23.1. The van der Waals surface area contributed by atoms with Gasteiger partial charge in [-0.3, -0.25) is 9.78 Å². The number of alkyl halides is 3. The predicted octanol–water partition coefficient (Wildman–Crippen LogP) is 2.85. The number of rotatable bonds is 9. The van der Waals surface area contributed by atoms with E-state index in [-0.39, 0.29) is 19.1 Å². The zero-order valence-electron chi connectivity index (χ0n) is 16.5. The monoisotopic (exact) mass is 423 g/mol. The van der Waals surface area contributed by atoms with Crippen LogP contribution in [0, 0.1) is 0 Å². The van der Waals surface area contributed by atoms with E-state index in [0.717, 1.165) is 5.56 Å². The van der Waals surface area contributed by atoms with Gasteiger partial charge in [0.05, 0.1) is 31.6 Å². The van der Waals surface area contributed by atoms with Gasteiger partial charge in [0.2, 0.25) is 5.91 Å². The first-order valence-electron chi connectivity index (χ1n) is 9.30. The van der Waals surface area contributed by atoms with Crippen LogP contribution in [0.25, 0.3) is 0 Å². The molecule has 3 N–H and O–H groups in total. The minimum atomic E-state index is -4.33. The standard InChI is InChI=1S/C20H24F3N5O2/c1-2-25-19(27-12-18(29)28-17-4-3-9-24-11-17)26-10-15-5-7-16(8-6-15)13-30-14-20(21,22)23/h3-9,11H,2,10,12-14H2,1H3,(H,28,29)(H2,25,26,27). The summed E-state index contributed by atoms with van der Waals surface area (Å²) < 4.78 is 40.9. The number of amides is 1.